The Morgan fingerprint density at radius 1 is 1.12 bits per heavy atom. The van der Waals surface area contributed by atoms with Crippen molar-refractivity contribution in [3.8, 4) is 0 Å². The quantitative estimate of drug-likeness (QED) is 0.788. The molecule has 0 spiro atoms. The van der Waals surface area contributed by atoms with E-state index in [1.165, 1.54) is 3.40 Å². The first-order valence-electron chi connectivity index (χ1n) is 5.71. The van der Waals surface area contributed by atoms with Crippen LogP contribution in [0.1, 0.15) is 6.42 Å². The van der Waals surface area contributed by atoms with Gasteiger partial charge >= 0.3 is 90.5 Å². The first kappa shape index (κ1) is 17.2. The summed E-state index contributed by atoms with van der Waals surface area (Å²) in [5.41, 5.74) is 0. The fourth-order valence-electron chi connectivity index (χ4n) is 2.48. The van der Waals surface area contributed by atoms with Crippen molar-refractivity contribution in [3.05, 3.63) is 39.8 Å². The summed E-state index contributed by atoms with van der Waals surface area (Å²) >= 11 is -3.35. The van der Waals surface area contributed by atoms with Crippen LogP contribution < -0.4 is 3.40 Å². The van der Waals surface area contributed by atoms with Crippen LogP contribution in [0.25, 0.3) is 0 Å². The van der Waals surface area contributed by atoms with E-state index in [0.717, 1.165) is 6.42 Å². The van der Waals surface area contributed by atoms with Gasteiger partial charge in [0.25, 0.3) is 0 Å². The Morgan fingerprint density at radius 3 is 2.18 bits per heavy atom. The number of aromatic nitrogens is 1. The van der Waals surface area contributed by atoms with E-state index in [1.54, 1.807) is 3.28 Å². The molecule has 1 aliphatic carbocycles. The molecule has 0 aromatic carbocycles. The van der Waals surface area contributed by atoms with E-state index in [0.29, 0.717) is 0 Å². The maximum absolute atomic E-state index is 3.46. The average molecular weight is 355 g/mol. The summed E-state index contributed by atoms with van der Waals surface area (Å²) in [6, 6.07) is 4.38. The van der Waals surface area contributed by atoms with Crippen molar-refractivity contribution in [1.29, 1.82) is 0 Å². The Bertz CT molecular complexity index is 448. The van der Waals surface area contributed by atoms with Crippen LogP contribution in [-0.2, 0) is 17.3 Å². The second-order valence-electron chi connectivity index (χ2n) is 7.53. The normalized spacial score (nSPS) is 18.5. The summed E-state index contributed by atoms with van der Waals surface area (Å²) in [6.07, 6.45) is 9.98. The van der Waals surface area contributed by atoms with Gasteiger partial charge < -0.3 is 0 Å². The fraction of sp³-hybridized carbons (Fsp3) is 0.385. The number of hydrogen-bond acceptors (Lipinski definition) is 0. The van der Waals surface area contributed by atoms with E-state index in [-0.39, 0.29) is 24.8 Å². The van der Waals surface area contributed by atoms with Gasteiger partial charge in [-0.05, 0) is 0 Å². The molecule has 1 aliphatic rings. The number of aromatic amines is 1. The van der Waals surface area contributed by atoms with Crippen molar-refractivity contribution < 1.29 is 17.3 Å². The molecule has 0 atom stereocenters. The summed E-state index contributed by atoms with van der Waals surface area (Å²) < 4.78 is 13.1. The van der Waals surface area contributed by atoms with E-state index in [1.807, 2.05) is 6.20 Å². The Hall–Kier alpha value is 0.223. The molecule has 1 N–H and O–H groups in total. The molecule has 0 saturated carbocycles. The molecule has 17 heavy (non-hydrogen) atoms. The molecule has 0 unspecified atom stereocenters. The Labute approximate surface area is 114 Å². The van der Waals surface area contributed by atoms with E-state index in [2.05, 4.69) is 53.9 Å². The summed E-state index contributed by atoms with van der Waals surface area (Å²) in [6.45, 7) is 0. The van der Waals surface area contributed by atoms with Gasteiger partial charge in [0.05, 0.1) is 0 Å². The first-order chi connectivity index (χ1) is 6.74. The molecule has 0 saturated heterocycles. The van der Waals surface area contributed by atoms with Gasteiger partial charge in [-0.2, -0.15) is 0 Å². The van der Waals surface area contributed by atoms with E-state index in [9.17, 15) is 0 Å². The van der Waals surface area contributed by atoms with Gasteiger partial charge in [0.15, 0.2) is 0 Å². The van der Waals surface area contributed by atoms with Gasteiger partial charge in [-0.3, -0.25) is 0 Å². The van der Waals surface area contributed by atoms with Crippen LogP contribution in [0.5, 0.6) is 0 Å². The third kappa shape index (κ3) is 2.80. The zero-order valence-electron chi connectivity index (χ0n) is 11.0. The van der Waals surface area contributed by atoms with Crippen LogP contribution in [-0.4, -0.2) is 4.98 Å². The van der Waals surface area contributed by atoms with Crippen molar-refractivity contribution in [3.63, 3.8) is 0 Å². The number of halogens is 2. The van der Waals surface area contributed by atoms with Crippen LogP contribution in [0.3, 0.4) is 0 Å². The third-order valence-electron chi connectivity index (χ3n) is 4.03. The summed E-state index contributed by atoms with van der Waals surface area (Å²) in [5, 5.41) is 0. The van der Waals surface area contributed by atoms with Crippen molar-refractivity contribution >= 4 is 28.2 Å². The Kier molecular flexibility index (Phi) is 4.46. The van der Waals surface area contributed by atoms with E-state index < -0.39 is 17.3 Å². The first-order valence-corrected chi connectivity index (χ1v) is 18.0. The van der Waals surface area contributed by atoms with Gasteiger partial charge in [-0.15, -0.1) is 24.8 Å². The SMILES string of the molecule is Cl.Cl.[CH3][Zr]([CH3])([CH3])([CH3])([C]1=CC=CC1)[c]1ccc[nH]1. The number of rotatable bonds is 2. The van der Waals surface area contributed by atoms with Crippen molar-refractivity contribution in [2.45, 2.75) is 24.9 Å². The zero-order valence-corrected chi connectivity index (χ0v) is 15.1. The molecule has 1 nitrogen and oxygen atoms in total. The number of H-pyrrole nitrogens is 1. The number of allylic oxidation sites excluding steroid dienone is 4. The third-order valence-corrected chi connectivity index (χ3v) is 18.8. The topological polar surface area (TPSA) is 15.8 Å². The van der Waals surface area contributed by atoms with Gasteiger partial charge in [-0.1, -0.05) is 0 Å². The predicted octanol–water partition coefficient (Wildman–Crippen LogP) is 4.75. The molecule has 1 aromatic rings. The minimum absolute atomic E-state index is 0. The molecule has 0 amide bonds. The fourth-order valence-corrected chi connectivity index (χ4v) is 11.8. The van der Waals surface area contributed by atoms with Crippen LogP contribution in [0, 0.1) is 0 Å². The molecule has 98 valence electrons. The van der Waals surface area contributed by atoms with Crippen molar-refractivity contribution in [2.75, 3.05) is 0 Å². The number of hydrogen-bond donors (Lipinski definition) is 1. The number of nitrogens with one attached hydrogen (secondary N) is 1. The van der Waals surface area contributed by atoms with Gasteiger partial charge in [0, 0.05) is 0 Å². The second kappa shape index (κ2) is 4.40. The molecule has 0 fully saturated rings. The molecule has 0 bridgehead atoms. The molecule has 1 aromatic heterocycles. The molecule has 1 heterocycles. The monoisotopic (exact) mass is 353 g/mol. The zero-order chi connectivity index (χ0) is 11.2. The van der Waals surface area contributed by atoms with Crippen LogP contribution in [0.2, 0.25) is 18.5 Å². The van der Waals surface area contributed by atoms with Crippen LogP contribution in [0.15, 0.2) is 39.8 Å². The van der Waals surface area contributed by atoms with Gasteiger partial charge in [0.1, 0.15) is 0 Å². The van der Waals surface area contributed by atoms with Crippen molar-refractivity contribution in [1.82, 2.24) is 4.98 Å². The van der Waals surface area contributed by atoms with Gasteiger partial charge in [-0.25, -0.2) is 0 Å². The summed E-state index contributed by atoms with van der Waals surface area (Å²) in [5.74, 6) is 0. The molecular formula is C13H23Cl2NZr. The summed E-state index contributed by atoms with van der Waals surface area (Å²) in [4.78, 5) is 3.46. The predicted molar refractivity (Wildman–Crippen MR) is 80.2 cm³/mol. The Balaban J connectivity index is 0.00000128. The molecular weight excluding hydrogens is 332 g/mol. The van der Waals surface area contributed by atoms with E-state index in [4.69, 9.17) is 0 Å². The van der Waals surface area contributed by atoms with Crippen LogP contribution in [0.4, 0.5) is 0 Å². The van der Waals surface area contributed by atoms with Gasteiger partial charge in [0.2, 0.25) is 0 Å². The standard InChI is InChI=1S/C5H5.C4H4N.4CH3.2ClH.Zr/c2*1-2-4-5-3-1;;;;;;;/h1-3H,4H2;1-3,5H;4*1H3;2*1H;. The molecule has 2 rings (SSSR count). The van der Waals surface area contributed by atoms with Crippen molar-refractivity contribution in [2.24, 2.45) is 0 Å². The maximum atomic E-state index is 3.46. The summed E-state index contributed by atoms with van der Waals surface area (Å²) in [7, 11) is 0. The molecule has 0 radical (unpaired) electrons. The Morgan fingerprint density at radius 2 is 1.76 bits per heavy atom. The average Bonchev–Trinajstić information content (AvgIpc) is 2.77. The molecule has 4 heteroatoms. The molecule has 0 aliphatic heterocycles. The second-order valence-corrected chi connectivity index (χ2v) is 35.6. The minimum atomic E-state index is -3.35. The van der Waals surface area contributed by atoms with Crippen LogP contribution >= 0.6 is 24.8 Å². The van der Waals surface area contributed by atoms with E-state index >= 15 is 0 Å².